The van der Waals surface area contributed by atoms with Crippen LogP contribution in [0.3, 0.4) is 0 Å². The second-order valence-electron chi connectivity index (χ2n) is 6.19. The average molecular weight is 350 g/mol. The first-order chi connectivity index (χ1) is 10.1. The number of rotatable bonds is 3. The highest BCUT2D eigenvalue weighted by molar-refractivity contribution is 9.10. The molecular formula is C18H24BrNO. The van der Waals surface area contributed by atoms with Crippen molar-refractivity contribution < 1.29 is 5.11 Å². The van der Waals surface area contributed by atoms with Crippen molar-refractivity contribution in [2.45, 2.75) is 63.9 Å². The quantitative estimate of drug-likeness (QED) is 0.804. The lowest BCUT2D eigenvalue weighted by Gasteiger charge is -2.44. The van der Waals surface area contributed by atoms with Crippen LogP contribution in [0.4, 0.5) is 0 Å². The van der Waals surface area contributed by atoms with Gasteiger partial charge in [-0.05, 0) is 37.0 Å². The minimum atomic E-state index is -1.07. The zero-order valence-corrected chi connectivity index (χ0v) is 14.3. The zero-order valence-electron chi connectivity index (χ0n) is 12.7. The van der Waals surface area contributed by atoms with Gasteiger partial charge in [-0.2, -0.15) is 5.26 Å². The van der Waals surface area contributed by atoms with E-state index < -0.39 is 11.0 Å². The van der Waals surface area contributed by atoms with E-state index in [2.05, 4.69) is 22.0 Å². The minimum absolute atomic E-state index is 0.566. The van der Waals surface area contributed by atoms with Crippen molar-refractivity contribution in [3.8, 4) is 6.07 Å². The maximum atomic E-state index is 11.5. The summed E-state index contributed by atoms with van der Waals surface area (Å²) in [6.07, 6.45) is 7.80. The summed E-state index contributed by atoms with van der Waals surface area (Å²) >= 11 is 3.48. The molecule has 2 rings (SSSR count). The Labute approximate surface area is 136 Å². The molecule has 0 amide bonds. The Morgan fingerprint density at radius 2 is 1.86 bits per heavy atom. The molecule has 0 radical (unpaired) electrons. The molecule has 1 atom stereocenters. The number of nitriles is 1. The SMILES string of the molecule is CCC(O)(c1cccc(Br)c1)C1(C#N)CCCCCCC1. The summed E-state index contributed by atoms with van der Waals surface area (Å²) in [4.78, 5) is 0. The van der Waals surface area contributed by atoms with Gasteiger partial charge in [-0.1, -0.05) is 67.1 Å². The molecule has 2 nitrogen and oxygen atoms in total. The Balaban J connectivity index is 2.46. The lowest BCUT2D eigenvalue weighted by molar-refractivity contribution is -0.0774. The van der Waals surface area contributed by atoms with Gasteiger partial charge in [0.1, 0.15) is 5.60 Å². The van der Waals surface area contributed by atoms with Crippen molar-refractivity contribution in [3.05, 3.63) is 34.3 Å². The van der Waals surface area contributed by atoms with Gasteiger partial charge in [0.15, 0.2) is 0 Å². The van der Waals surface area contributed by atoms with Gasteiger partial charge in [-0.15, -0.1) is 0 Å². The maximum absolute atomic E-state index is 11.5. The molecule has 1 unspecified atom stereocenters. The topological polar surface area (TPSA) is 44.0 Å². The van der Waals surface area contributed by atoms with Crippen molar-refractivity contribution in [2.24, 2.45) is 5.41 Å². The van der Waals surface area contributed by atoms with Crippen LogP contribution in [0.1, 0.15) is 63.9 Å². The van der Waals surface area contributed by atoms with Crippen LogP contribution >= 0.6 is 15.9 Å². The van der Waals surface area contributed by atoms with Crippen molar-refractivity contribution in [2.75, 3.05) is 0 Å². The van der Waals surface area contributed by atoms with Gasteiger partial charge in [0, 0.05) is 4.47 Å². The first kappa shape index (κ1) is 16.5. The molecule has 3 heteroatoms. The van der Waals surface area contributed by atoms with Gasteiger partial charge in [0.05, 0.1) is 11.5 Å². The lowest BCUT2D eigenvalue weighted by atomic mass is 9.62. The van der Waals surface area contributed by atoms with E-state index in [0.717, 1.165) is 35.7 Å². The van der Waals surface area contributed by atoms with E-state index in [1.807, 2.05) is 31.2 Å². The lowest BCUT2D eigenvalue weighted by Crippen LogP contribution is -2.45. The van der Waals surface area contributed by atoms with Crippen LogP contribution in [0.25, 0.3) is 0 Å². The summed E-state index contributed by atoms with van der Waals surface area (Å²) in [6.45, 7) is 1.98. The summed E-state index contributed by atoms with van der Waals surface area (Å²) in [5.74, 6) is 0. The number of nitrogens with zero attached hydrogens (tertiary/aromatic N) is 1. The Kier molecular flexibility index (Phi) is 5.46. The fraction of sp³-hybridized carbons (Fsp3) is 0.611. The monoisotopic (exact) mass is 349 g/mol. The van der Waals surface area contributed by atoms with Crippen molar-refractivity contribution in [1.82, 2.24) is 0 Å². The molecule has 21 heavy (non-hydrogen) atoms. The standard InChI is InChI=1S/C18H24BrNO/c1-2-18(21,15-9-8-10-16(19)13-15)17(14-20)11-6-4-3-5-7-12-17/h8-10,13,21H,2-7,11-12H2,1H3. The van der Waals surface area contributed by atoms with E-state index in [1.165, 1.54) is 19.3 Å². The van der Waals surface area contributed by atoms with Crippen LogP contribution in [0.5, 0.6) is 0 Å². The molecule has 0 aromatic heterocycles. The third kappa shape index (κ3) is 3.17. The van der Waals surface area contributed by atoms with E-state index in [4.69, 9.17) is 0 Å². The summed E-state index contributed by atoms with van der Waals surface area (Å²) in [5, 5.41) is 21.4. The second kappa shape index (κ2) is 6.94. The Hall–Kier alpha value is -0.850. The minimum Gasteiger partial charge on any atom is -0.383 e. The number of hydrogen-bond donors (Lipinski definition) is 1. The molecule has 0 spiro atoms. The van der Waals surface area contributed by atoms with Crippen molar-refractivity contribution in [1.29, 1.82) is 5.26 Å². The molecule has 0 bridgehead atoms. The van der Waals surface area contributed by atoms with Crippen LogP contribution in [0.15, 0.2) is 28.7 Å². The van der Waals surface area contributed by atoms with Crippen LogP contribution in [0.2, 0.25) is 0 Å². The predicted octanol–water partition coefficient (Wildman–Crippen LogP) is 5.30. The zero-order chi connectivity index (χ0) is 15.3. The molecule has 0 aliphatic heterocycles. The largest absolute Gasteiger partial charge is 0.383 e. The molecule has 1 aliphatic rings. The van der Waals surface area contributed by atoms with Crippen molar-refractivity contribution >= 4 is 15.9 Å². The van der Waals surface area contributed by atoms with E-state index in [0.29, 0.717) is 6.42 Å². The molecule has 1 aromatic carbocycles. The van der Waals surface area contributed by atoms with E-state index >= 15 is 0 Å². The molecule has 1 aliphatic carbocycles. The Morgan fingerprint density at radius 3 is 2.38 bits per heavy atom. The third-order valence-corrected chi connectivity index (χ3v) is 5.52. The molecule has 0 heterocycles. The molecule has 1 fully saturated rings. The van der Waals surface area contributed by atoms with Crippen molar-refractivity contribution in [3.63, 3.8) is 0 Å². The van der Waals surface area contributed by atoms with Crippen LogP contribution in [-0.4, -0.2) is 5.11 Å². The second-order valence-corrected chi connectivity index (χ2v) is 7.10. The highest BCUT2D eigenvalue weighted by Crippen LogP contribution is 2.50. The van der Waals surface area contributed by atoms with Crippen LogP contribution in [0, 0.1) is 16.7 Å². The number of halogens is 1. The van der Waals surface area contributed by atoms with Gasteiger partial charge >= 0.3 is 0 Å². The van der Waals surface area contributed by atoms with E-state index in [9.17, 15) is 10.4 Å². The fourth-order valence-electron chi connectivity index (χ4n) is 3.69. The molecule has 1 aromatic rings. The fourth-order valence-corrected chi connectivity index (χ4v) is 4.09. The van der Waals surface area contributed by atoms with Crippen LogP contribution < -0.4 is 0 Å². The molecular weight excluding hydrogens is 326 g/mol. The number of hydrogen-bond acceptors (Lipinski definition) is 2. The van der Waals surface area contributed by atoms with Gasteiger partial charge in [-0.25, -0.2) is 0 Å². The summed E-state index contributed by atoms with van der Waals surface area (Å²) in [6, 6.07) is 10.3. The van der Waals surface area contributed by atoms with Gasteiger partial charge in [0.2, 0.25) is 0 Å². The van der Waals surface area contributed by atoms with E-state index in [1.54, 1.807) is 0 Å². The Morgan fingerprint density at radius 1 is 1.24 bits per heavy atom. The normalized spacial score (nSPS) is 21.6. The molecule has 0 saturated heterocycles. The predicted molar refractivity (Wildman–Crippen MR) is 88.7 cm³/mol. The molecule has 1 saturated carbocycles. The summed E-state index contributed by atoms with van der Waals surface area (Å²) < 4.78 is 0.950. The molecule has 114 valence electrons. The number of aliphatic hydroxyl groups is 1. The first-order valence-electron chi connectivity index (χ1n) is 7.98. The van der Waals surface area contributed by atoms with E-state index in [-0.39, 0.29) is 0 Å². The smallest absolute Gasteiger partial charge is 0.108 e. The Bertz CT molecular complexity index is 514. The first-order valence-corrected chi connectivity index (χ1v) is 8.77. The number of benzene rings is 1. The van der Waals surface area contributed by atoms with Crippen LogP contribution in [-0.2, 0) is 5.60 Å². The third-order valence-electron chi connectivity index (χ3n) is 5.03. The molecule has 1 N–H and O–H groups in total. The highest BCUT2D eigenvalue weighted by atomic mass is 79.9. The van der Waals surface area contributed by atoms with Gasteiger partial charge in [0.25, 0.3) is 0 Å². The maximum Gasteiger partial charge on any atom is 0.108 e. The van der Waals surface area contributed by atoms with Gasteiger partial charge in [-0.3, -0.25) is 0 Å². The highest BCUT2D eigenvalue weighted by Gasteiger charge is 2.50. The average Bonchev–Trinajstić information content (AvgIpc) is 2.47. The van der Waals surface area contributed by atoms with Gasteiger partial charge < -0.3 is 5.11 Å². The summed E-state index contributed by atoms with van der Waals surface area (Å²) in [5.41, 5.74) is -0.868. The summed E-state index contributed by atoms with van der Waals surface area (Å²) in [7, 11) is 0.